The Hall–Kier alpha value is -1.62. The van der Waals surface area contributed by atoms with Crippen molar-refractivity contribution >= 4 is 21.8 Å². The second-order valence-corrected chi connectivity index (χ2v) is 5.07. The van der Waals surface area contributed by atoms with Gasteiger partial charge >= 0.3 is 0 Å². The van der Waals surface area contributed by atoms with Crippen molar-refractivity contribution in [2.75, 3.05) is 0 Å². The Morgan fingerprint density at radius 2 is 2.06 bits per heavy atom. The first-order chi connectivity index (χ1) is 8.56. The number of halogens is 1. The second-order valence-electron chi connectivity index (χ2n) is 4.15. The molecular formula is C13H14BrN3O. The van der Waals surface area contributed by atoms with Gasteiger partial charge in [0.2, 0.25) is 0 Å². The SMILES string of the molecule is CC(NC(=O)c1cnn(C)c1)c1ccc(Br)cc1. The van der Waals surface area contributed by atoms with Gasteiger partial charge in [-0.25, -0.2) is 0 Å². The highest BCUT2D eigenvalue weighted by Crippen LogP contribution is 2.16. The Labute approximate surface area is 114 Å². The van der Waals surface area contributed by atoms with Crippen LogP contribution in [0, 0.1) is 0 Å². The molecule has 1 aromatic carbocycles. The monoisotopic (exact) mass is 307 g/mol. The van der Waals surface area contributed by atoms with Gasteiger partial charge < -0.3 is 5.32 Å². The van der Waals surface area contributed by atoms with Gasteiger partial charge in [0.05, 0.1) is 17.8 Å². The van der Waals surface area contributed by atoms with Gasteiger partial charge in [0.1, 0.15) is 0 Å². The van der Waals surface area contributed by atoms with E-state index in [1.807, 2.05) is 31.2 Å². The van der Waals surface area contributed by atoms with Crippen molar-refractivity contribution in [3.05, 3.63) is 52.3 Å². The number of aryl methyl sites for hydroxylation is 1. The number of amides is 1. The molecule has 0 saturated heterocycles. The van der Waals surface area contributed by atoms with Crippen molar-refractivity contribution in [2.45, 2.75) is 13.0 Å². The fourth-order valence-electron chi connectivity index (χ4n) is 1.65. The standard InChI is InChI=1S/C13H14BrN3O/c1-9(10-3-5-12(14)6-4-10)16-13(18)11-7-15-17(2)8-11/h3-9H,1-2H3,(H,16,18). The quantitative estimate of drug-likeness (QED) is 0.947. The van der Waals surface area contributed by atoms with Crippen molar-refractivity contribution in [1.29, 1.82) is 0 Å². The molecule has 0 aliphatic heterocycles. The lowest BCUT2D eigenvalue weighted by Gasteiger charge is -2.13. The van der Waals surface area contributed by atoms with Gasteiger partial charge in [-0.3, -0.25) is 9.48 Å². The number of carbonyl (C=O) groups excluding carboxylic acids is 1. The first-order valence-electron chi connectivity index (χ1n) is 5.61. The third-order valence-electron chi connectivity index (χ3n) is 2.68. The van der Waals surface area contributed by atoms with Crippen LogP contribution < -0.4 is 5.32 Å². The molecular weight excluding hydrogens is 294 g/mol. The first-order valence-corrected chi connectivity index (χ1v) is 6.40. The number of carbonyl (C=O) groups is 1. The van der Waals surface area contributed by atoms with Crippen LogP contribution in [0.15, 0.2) is 41.1 Å². The van der Waals surface area contributed by atoms with E-state index >= 15 is 0 Å². The third-order valence-corrected chi connectivity index (χ3v) is 3.21. The van der Waals surface area contributed by atoms with E-state index in [2.05, 4.69) is 26.3 Å². The molecule has 0 radical (unpaired) electrons. The molecule has 2 rings (SSSR count). The molecule has 4 nitrogen and oxygen atoms in total. The molecule has 94 valence electrons. The minimum absolute atomic E-state index is 0.0363. The number of hydrogen-bond acceptors (Lipinski definition) is 2. The summed E-state index contributed by atoms with van der Waals surface area (Å²) in [5.41, 5.74) is 1.64. The van der Waals surface area contributed by atoms with Crippen molar-refractivity contribution in [3.8, 4) is 0 Å². The zero-order valence-electron chi connectivity index (χ0n) is 10.2. The summed E-state index contributed by atoms with van der Waals surface area (Å²) in [4.78, 5) is 11.9. The molecule has 1 atom stereocenters. The van der Waals surface area contributed by atoms with Crippen molar-refractivity contribution in [1.82, 2.24) is 15.1 Å². The topological polar surface area (TPSA) is 46.9 Å². The molecule has 1 N–H and O–H groups in total. The van der Waals surface area contributed by atoms with E-state index in [1.54, 1.807) is 24.1 Å². The lowest BCUT2D eigenvalue weighted by molar-refractivity contribution is 0.0940. The van der Waals surface area contributed by atoms with E-state index in [9.17, 15) is 4.79 Å². The van der Waals surface area contributed by atoms with Gasteiger partial charge in [0.25, 0.3) is 5.91 Å². The zero-order chi connectivity index (χ0) is 13.1. The molecule has 1 heterocycles. The predicted molar refractivity (Wildman–Crippen MR) is 73.2 cm³/mol. The van der Waals surface area contributed by atoms with E-state index in [4.69, 9.17) is 0 Å². The van der Waals surface area contributed by atoms with Gasteiger partial charge in [-0.15, -0.1) is 0 Å². The molecule has 0 aliphatic rings. The summed E-state index contributed by atoms with van der Waals surface area (Å²) in [5, 5.41) is 6.92. The molecule has 0 fully saturated rings. The molecule has 0 aliphatic carbocycles. The van der Waals surface area contributed by atoms with Crippen molar-refractivity contribution in [2.24, 2.45) is 7.05 Å². The third kappa shape index (κ3) is 2.98. The highest BCUT2D eigenvalue weighted by atomic mass is 79.9. The Morgan fingerprint density at radius 3 is 2.61 bits per heavy atom. The molecule has 0 bridgehead atoms. The van der Waals surface area contributed by atoms with Crippen LogP contribution in [-0.2, 0) is 7.05 Å². The summed E-state index contributed by atoms with van der Waals surface area (Å²) in [5.74, 6) is -0.112. The average molecular weight is 308 g/mol. The number of rotatable bonds is 3. The van der Waals surface area contributed by atoms with Crippen LogP contribution in [0.5, 0.6) is 0 Å². The second kappa shape index (κ2) is 5.35. The lowest BCUT2D eigenvalue weighted by atomic mass is 10.1. The maximum atomic E-state index is 11.9. The highest BCUT2D eigenvalue weighted by Gasteiger charge is 2.12. The number of aromatic nitrogens is 2. The summed E-state index contributed by atoms with van der Waals surface area (Å²) in [6.45, 7) is 1.96. The van der Waals surface area contributed by atoms with Crippen LogP contribution in [0.2, 0.25) is 0 Å². The van der Waals surface area contributed by atoms with E-state index in [0.717, 1.165) is 10.0 Å². The Balaban J connectivity index is 2.05. The molecule has 18 heavy (non-hydrogen) atoms. The summed E-state index contributed by atoms with van der Waals surface area (Å²) in [6.07, 6.45) is 3.26. The van der Waals surface area contributed by atoms with Crippen molar-refractivity contribution < 1.29 is 4.79 Å². The average Bonchev–Trinajstić information content (AvgIpc) is 2.76. The van der Waals surface area contributed by atoms with Crippen LogP contribution in [0.4, 0.5) is 0 Å². The maximum absolute atomic E-state index is 11.9. The van der Waals surface area contributed by atoms with Gasteiger partial charge in [0.15, 0.2) is 0 Å². The van der Waals surface area contributed by atoms with Gasteiger partial charge in [-0.2, -0.15) is 5.10 Å². The predicted octanol–water partition coefficient (Wildman–Crippen LogP) is 2.67. The molecule has 0 spiro atoms. The largest absolute Gasteiger partial charge is 0.345 e. The van der Waals surface area contributed by atoms with Crippen LogP contribution in [0.3, 0.4) is 0 Å². The number of nitrogens with zero attached hydrogens (tertiary/aromatic N) is 2. The van der Waals surface area contributed by atoms with Crippen LogP contribution in [-0.4, -0.2) is 15.7 Å². The Bertz CT molecular complexity index is 548. The summed E-state index contributed by atoms with van der Waals surface area (Å²) in [6, 6.07) is 7.85. The number of hydrogen-bond donors (Lipinski definition) is 1. The normalized spacial score (nSPS) is 12.2. The fraction of sp³-hybridized carbons (Fsp3) is 0.231. The first kappa shape index (κ1) is 12.8. The van der Waals surface area contributed by atoms with E-state index < -0.39 is 0 Å². The van der Waals surface area contributed by atoms with E-state index in [-0.39, 0.29) is 11.9 Å². The molecule has 1 unspecified atom stereocenters. The number of benzene rings is 1. The smallest absolute Gasteiger partial charge is 0.254 e. The highest BCUT2D eigenvalue weighted by molar-refractivity contribution is 9.10. The molecule has 1 amide bonds. The van der Waals surface area contributed by atoms with Crippen molar-refractivity contribution in [3.63, 3.8) is 0 Å². The number of nitrogens with one attached hydrogen (secondary N) is 1. The summed E-state index contributed by atoms with van der Waals surface area (Å²) >= 11 is 3.39. The van der Waals surface area contributed by atoms with Crippen LogP contribution in [0.1, 0.15) is 28.9 Å². The van der Waals surface area contributed by atoms with Crippen LogP contribution >= 0.6 is 15.9 Å². The minimum Gasteiger partial charge on any atom is -0.345 e. The van der Waals surface area contributed by atoms with E-state index in [0.29, 0.717) is 5.56 Å². The van der Waals surface area contributed by atoms with Gasteiger partial charge in [-0.05, 0) is 24.6 Å². The summed E-state index contributed by atoms with van der Waals surface area (Å²) in [7, 11) is 1.79. The maximum Gasteiger partial charge on any atom is 0.254 e. The van der Waals surface area contributed by atoms with Gasteiger partial charge in [-0.1, -0.05) is 28.1 Å². The molecule has 0 saturated carbocycles. The minimum atomic E-state index is -0.112. The molecule has 5 heteroatoms. The zero-order valence-corrected chi connectivity index (χ0v) is 11.8. The van der Waals surface area contributed by atoms with Crippen LogP contribution in [0.25, 0.3) is 0 Å². The van der Waals surface area contributed by atoms with Gasteiger partial charge in [0, 0.05) is 17.7 Å². The lowest BCUT2D eigenvalue weighted by Crippen LogP contribution is -2.26. The molecule has 2 aromatic rings. The molecule has 1 aromatic heterocycles. The summed E-state index contributed by atoms with van der Waals surface area (Å²) < 4.78 is 2.64. The Kier molecular flexibility index (Phi) is 3.81. The van der Waals surface area contributed by atoms with E-state index in [1.165, 1.54) is 0 Å². The Morgan fingerprint density at radius 1 is 1.39 bits per heavy atom. The fourth-order valence-corrected chi connectivity index (χ4v) is 1.92.